The SMILES string of the molecule is Cc1ccc(NC(=O)N(Cc2ccc(COC(=O)C(C)C3=CC=C(CC(C)C)CC3C)cc2)C(=O)S)cc1. The van der Waals surface area contributed by atoms with Gasteiger partial charge in [-0.3, -0.25) is 14.5 Å². The molecule has 0 bridgehead atoms. The third kappa shape index (κ3) is 8.35. The molecule has 3 rings (SSSR count). The number of hydrogen-bond acceptors (Lipinski definition) is 4. The summed E-state index contributed by atoms with van der Waals surface area (Å²) in [6.45, 7) is 10.7. The standard InChI is InChI=1S/C31H38N2O4S/c1-20(2)16-26-12-15-28(22(4)17-26)23(5)29(34)37-19-25-10-8-24(9-11-25)18-33(31(36)38)30(35)32-27-13-6-21(3)7-14-27/h6-15,20,22-23H,16-19H2,1-5H3,(H,32,35)(H,36,38). The summed E-state index contributed by atoms with van der Waals surface area (Å²) < 4.78 is 5.61. The van der Waals surface area contributed by atoms with E-state index < -0.39 is 11.3 Å². The zero-order valence-corrected chi connectivity index (χ0v) is 23.8. The van der Waals surface area contributed by atoms with E-state index in [4.69, 9.17) is 4.74 Å². The number of aryl methyl sites for hydroxylation is 1. The summed E-state index contributed by atoms with van der Waals surface area (Å²) in [6.07, 6.45) is 6.33. The minimum absolute atomic E-state index is 0.0650. The maximum absolute atomic E-state index is 12.8. The Hall–Kier alpha value is -3.32. The predicted octanol–water partition coefficient (Wildman–Crippen LogP) is 7.70. The van der Waals surface area contributed by atoms with Crippen molar-refractivity contribution in [2.24, 2.45) is 17.8 Å². The number of carbonyl (C=O) groups excluding carboxylic acids is 3. The molecule has 0 saturated heterocycles. The third-order valence-corrected chi connectivity index (χ3v) is 6.94. The first-order valence-corrected chi connectivity index (χ1v) is 13.5. The minimum Gasteiger partial charge on any atom is -0.460 e. The molecule has 1 N–H and O–H groups in total. The average molecular weight is 535 g/mol. The molecule has 0 radical (unpaired) electrons. The van der Waals surface area contributed by atoms with Gasteiger partial charge in [0.05, 0.1) is 12.5 Å². The Labute approximate surface area is 231 Å². The summed E-state index contributed by atoms with van der Waals surface area (Å²) in [5.74, 6) is 0.390. The highest BCUT2D eigenvalue weighted by Gasteiger charge is 2.26. The smallest absolute Gasteiger partial charge is 0.329 e. The fourth-order valence-corrected chi connectivity index (χ4v) is 4.76. The number of nitrogens with one attached hydrogen (secondary N) is 1. The van der Waals surface area contributed by atoms with Crippen LogP contribution in [0.4, 0.5) is 15.3 Å². The second kappa shape index (κ2) is 13.5. The first-order valence-electron chi connectivity index (χ1n) is 13.1. The van der Waals surface area contributed by atoms with Crippen molar-refractivity contribution in [1.29, 1.82) is 0 Å². The molecule has 38 heavy (non-hydrogen) atoms. The van der Waals surface area contributed by atoms with Crippen LogP contribution in [-0.4, -0.2) is 22.1 Å². The quantitative estimate of drug-likeness (QED) is 0.255. The van der Waals surface area contributed by atoms with Gasteiger partial charge in [-0.2, -0.15) is 0 Å². The second-order valence-electron chi connectivity index (χ2n) is 10.5. The molecule has 2 atom stereocenters. The average Bonchev–Trinajstić information content (AvgIpc) is 2.87. The van der Waals surface area contributed by atoms with Crippen molar-refractivity contribution in [1.82, 2.24) is 4.90 Å². The molecule has 1 aliphatic rings. The molecule has 0 heterocycles. The Morgan fingerprint density at radius 3 is 2.21 bits per heavy atom. The number of carbonyl (C=O) groups is 3. The van der Waals surface area contributed by atoms with Crippen LogP contribution in [0.3, 0.4) is 0 Å². The number of benzene rings is 2. The number of esters is 1. The van der Waals surface area contributed by atoms with Gasteiger partial charge in [0, 0.05) is 5.69 Å². The second-order valence-corrected chi connectivity index (χ2v) is 10.9. The number of allylic oxidation sites excluding steroid dienone is 3. The molecular formula is C31H38N2O4S. The van der Waals surface area contributed by atoms with E-state index in [1.807, 2.05) is 50.2 Å². The van der Waals surface area contributed by atoms with E-state index in [0.717, 1.165) is 40.0 Å². The van der Waals surface area contributed by atoms with Gasteiger partial charge in [0.1, 0.15) is 6.61 Å². The van der Waals surface area contributed by atoms with Crippen molar-refractivity contribution < 1.29 is 19.1 Å². The topological polar surface area (TPSA) is 75.7 Å². The number of hydrogen-bond donors (Lipinski definition) is 2. The summed E-state index contributed by atoms with van der Waals surface area (Å²) in [7, 11) is 0. The van der Waals surface area contributed by atoms with Crippen LogP contribution >= 0.6 is 12.6 Å². The fourth-order valence-electron chi connectivity index (χ4n) is 4.60. The van der Waals surface area contributed by atoms with Crippen molar-refractivity contribution in [2.45, 2.75) is 60.6 Å². The van der Waals surface area contributed by atoms with Crippen molar-refractivity contribution >= 4 is 35.6 Å². The number of amides is 3. The highest BCUT2D eigenvalue weighted by molar-refractivity contribution is 7.96. The predicted molar refractivity (Wildman–Crippen MR) is 155 cm³/mol. The van der Waals surface area contributed by atoms with Gasteiger partial charge in [0.15, 0.2) is 0 Å². The maximum atomic E-state index is 12.8. The van der Waals surface area contributed by atoms with Crippen LogP contribution in [0.25, 0.3) is 0 Å². The molecule has 3 amide bonds. The molecule has 2 unspecified atom stereocenters. The van der Waals surface area contributed by atoms with E-state index in [1.165, 1.54) is 5.57 Å². The van der Waals surface area contributed by atoms with Gasteiger partial charge in [-0.15, -0.1) is 0 Å². The summed E-state index contributed by atoms with van der Waals surface area (Å²) in [4.78, 5) is 38.5. The molecule has 0 aromatic heterocycles. The van der Waals surface area contributed by atoms with Gasteiger partial charge in [0.2, 0.25) is 0 Å². The lowest BCUT2D eigenvalue weighted by atomic mass is 9.80. The summed E-state index contributed by atoms with van der Waals surface area (Å²) in [6, 6.07) is 14.0. The molecule has 2 aromatic rings. The Kier molecular flexibility index (Phi) is 10.4. The first kappa shape index (κ1) is 29.2. The fraction of sp³-hybridized carbons (Fsp3) is 0.387. The Bertz CT molecular complexity index is 1200. The largest absolute Gasteiger partial charge is 0.460 e. The molecule has 0 aliphatic heterocycles. The monoisotopic (exact) mass is 534 g/mol. The van der Waals surface area contributed by atoms with E-state index in [2.05, 4.69) is 50.9 Å². The zero-order valence-electron chi connectivity index (χ0n) is 22.9. The number of nitrogens with zero attached hydrogens (tertiary/aromatic N) is 1. The van der Waals surface area contributed by atoms with Gasteiger partial charge in [0.25, 0.3) is 5.24 Å². The molecular weight excluding hydrogens is 496 g/mol. The lowest BCUT2D eigenvalue weighted by Crippen LogP contribution is -2.36. The summed E-state index contributed by atoms with van der Waals surface area (Å²) in [5, 5.41) is 2.06. The first-order chi connectivity index (χ1) is 18.0. The lowest BCUT2D eigenvalue weighted by molar-refractivity contribution is -0.148. The number of thiol groups is 1. The molecule has 7 heteroatoms. The van der Waals surface area contributed by atoms with Crippen LogP contribution in [0.1, 0.15) is 57.2 Å². The van der Waals surface area contributed by atoms with Gasteiger partial charge < -0.3 is 10.1 Å². The van der Waals surface area contributed by atoms with Gasteiger partial charge in [-0.25, -0.2) is 4.79 Å². The van der Waals surface area contributed by atoms with E-state index in [1.54, 1.807) is 12.1 Å². The zero-order chi connectivity index (χ0) is 27.8. The third-order valence-electron chi connectivity index (χ3n) is 6.70. The Morgan fingerprint density at radius 1 is 1.00 bits per heavy atom. The molecule has 1 aliphatic carbocycles. The highest BCUT2D eigenvalue weighted by Crippen LogP contribution is 2.33. The Morgan fingerprint density at radius 2 is 1.63 bits per heavy atom. The van der Waals surface area contributed by atoms with Crippen LogP contribution in [0, 0.1) is 24.7 Å². The van der Waals surface area contributed by atoms with Crippen molar-refractivity contribution in [3.8, 4) is 0 Å². The van der Waals surface area contributed by atoms with E-state index in [0.29, 0.717) is 17.5 Å². The number of imide groups is 1. The number of ether oxygens (including phenoxy) is 1. The van der Waals surface area contributed by atoms with Crippen molar-refractivity contribution in [2.75, 3.05) is 5.32 Å². The van der Waals surface area contributed by atoms with E-state index >= 15 is 0 Å². The number of anilines is 1. The maximum Gasteiger partial charge on any atom is 0.329 e. The van der Waals surface area contributed by atoms with Gasteiger partial charge in [-0.1, -0.05) is 98.7 Å². The molecule has 0 fully saturated rings. The van der Waals surface area contributed by atoms with E-state index in [9.17, 15) is 14.4 Å². The van der Waals surface area contributed by atoms with Crippen LogP contribution in [-0.2, 0) is 22.7 Å². The molecule has 0 spiro atoms. The Balaban J connectivity index is 1.55. The lowest BCUT2D eigenvalue weighted by Gasteiger charge is -2.26. The van der Waals surface area contributed by atoms with Gasteiger partial charge >= 0.3 is 12.0 Å². The minimum atomic E-state index is -0.654. The number of urea groups is 1. The molecule has 0 saturated carbocycles. The normalized spacial score (nSPS) is 15.8. The molecule has 6 nitrogen and oxygen atoms in total. The number of rotatable bonds is 9. The summed E-state index contributed by atoms with van der Waals surface area (Å²) in [5.41, 5.74) is 5.78. The molecule has 2 aromatic carbocycles. The summed E-state index contributed by atoms with van der Waals surface area (Å²) >= 11 is 3.87. The van der Waals surface area contributed by atoms with Crippen LogP contribution < -0.4 is 5.32 Å². The van der Waals surface area contributed by atoms with Crippen molar-refractivity contribution in [3.05, 3.63) is 88.5 Å². The van der Waals surface area contributed by atoms with Crippen LogP contribution in [0.15, 0.2) is 71.8 Å². The highest BCUT2D eigenvalue weighted by atomic mass is 32.1. The van der Waals surface area contributed by atoms with E-state index in [-0.39, 0.29) is 25.0 Å². The van der Waals surface area contributed by atoms with Crippen LogP contribution in [0.2, 0.25) is 0 Å². The van der Waals surface area contributed by atoms with Gasteiger partial charge in [-0.05, 0) is 61.8 Å². The van der Waals surface area contributed by atoms with Crippen LogP contribution in [0.5, 0.6) is 0 Å². The van der Waals surface area contributed by atoms with Crippen molar-refractivity contribution in [3.63, 3.8) is 0 Å². The molecule has 202 valence electrons.